The van der Waals surface area contributed by atoms with Crippen LogP contribution in [0.15, 0.2) is 88.3 Å². The fraction of sp³-hybridized carbons (Fsp3) is 0.120. The van der Waals surface area contributed by atoms with Crippen LogP contribution in [0.25, 0.3) is 11.5 Å². The smallest absolute Gasteiger partial charge is 0.261 e. The highest BCUT2D eigenvalue weighted by Gasteiger charge is 2.23. The molecule has 2 heterocycles. The van der Waals surface area contributed by atoms with E-state index in [-0.39, 0.29) is 11.0 Å². The number of nitrogens with zero attached hydrogens (tertiary/aromatic N) is 1. The molecule has 0 aliphatic carbocycles. The summed E-state index contributed by atoms with van der Waals surface area (Å²) in [6.07, 6.45) is 1.54. The number of amides is 1. The van der Waals surface area contributed by atoms with Gasteiger partial charge < -0.3 is 14.3 Å². The summed E-state index contributed by atoms with van der Waals surface area (Å²) in [6, 6.07) is 22.3. The van der Waals surface area contributed by atoms with Crippen LogP contribution in [0.5, 0.6) is 0 Å². The summed E-state index contributed by atoms with van der Waals surface area (Å²) in [5, 5.41) is 2.83. The first-order chi connectivity index (χ1) is 14.5. The van der Waals surface area contributed by atoms with Gasteiger partial charge >= 0.3 is 0 Å². The zero-order valence-corrected chi connectivity index (χ0v) is 16.9. The van der Waals surface area contributed by atoms with Gasteiger partial charge in [-0.05, 0) is 43.7 Å². The Morgan fingerprint density at radius 1 is 0.967 bits per heavy atom. The molecule has 5 heteroatoms. The second-order valence-electron chi connectivity index (χ2n) is 7.24. The highest BCUT2D eigenvalue weighted by atomic mass is 16.3. The second-order valence-corrected chi connectivity index (χ2v) is 7.24. The summed E-state index contributed by atoms with van der Waals surface area (Å²) in [7, 11) is 0. The fourth-order valence-corrected chi connectivity index (χ4v) is 3.45. The van der Waals surface area contributed by atoms with Crippen LogP contribution in [0.4, 0.5) is 5.69 Å². The molecule has 0 spiro atoms. The van der Waals surface area contributed by atoms with Gasteiger partial charge in [-0.1, -0.05) is 48.0 Å². The number of rotatable bonds is 5. The number of para-hydroxylation sites is 1. The molecule has 30 heavy (non-hydrogen) atoms. The van der Waals surface area contributed by atoms with E-state index in [1.165, 1.54) is 17.9 Å². The summed E-state index contributed by atoms with van der Waals surface area (Å²) in [5.74, 6) is 0.0105. The van der Waals surface area contributed by atoms with Crippen LogP contribution in [0, 0.1) is 13.8 Å². The number of carbonyl (C=O) groups excluding carboxylic acids is 1. The summed E-state index contributed by atoms with van der Waals surface area (Å²) in [4.78, 5) is 26.1. The third-order valence-electron chi connectivity index (χ3n) is 4.99. The van der Waals surface area contributed by atoms with Crippen LogP contribution in [-0.2, 0) is 6.54 Å². The molecule has 0 aliphatic rings. The normalized spacial score (nSPS) is 10.7. The lowest BCUT2D eigenvalue weighted by atomic mass is 10.1. The number of aromatic nitrogens is 1. The van der Waals surface area contributed by atoms with Gasteiger partial charge in [0.15, 0.2) is 11.2 Å². The van der Waals surface area contributed by atoms with Crippen molar-refractivity contribution >= 4 is 11.6 Å². The van der Waals surface area contributed by atoms with E-state index in [1.807, 2.05) is 60.9 Å². The summed E-state index contributed by atoms with van der Waals surface area (Å²) >= 11 is 0. The highest BCUT2D eigenvalue weighted by molar-refractivity contribution is 6.07. The number of furan rings is 1. The minimum atomic E-state index is -0.463. The number of pyridine rings is 1. The zero-order valence-electron chi connectivity index (χ0n) is 16.9. The van der Waals surface area contributed by atoms with E-state index in [1.54, 1.807) is 24.3 Å². The Kier molecular flexibility index (Phi) is 5.35. The molecular weight excluding hydrogens is 376 g/mol. The average Bonchev–Trinajstić information content (AvgIpc) is 3.26. The number of anilines is 1. The average molecular weight is 398 g/mol. The lowest BCUT2D eigenvalue weighted by Gasteiger charge is -2.19. The number of benzene rings is 2. The molecule has 0 fully saturated rings. The van der Waals surface area contributed by atoms with Crippen LogP contribution in [0.3, 0.4) is 0 Å². The minimum Gasteiger partial charge on any atom is -0.463 e. The van der Waals surface area contributed by atoms with E-state index < -0.39 is 5.91 Å². The molecule has 2 aromatic carbocycles. The maximum atomic E-state index is 13.1. The van der Waals surface area contributed by atoms with Gasteiger partial charge in [0.25, 0.3) is 5.91 Å². The van der Waals surface area contributed by atoms with Crippen molar-refractivity contribution in [2.75, 3.05) is 5.32 Å². The molecule has 0 atom stereocenters. The first kappa shape index (κ1) is 19.5. The van der Waals surface area contributed by atoms with Gasteiger partial charge in [-0.25, -0.2) is 0 Å². The molecule has 0 aliphatic heterocycles. The van der Waals surface area contributed by atoms with Gasteiger partial charge in [0.1, 0.15) is 11.3 Å². The standard InChI is InChI=1S/C25H22N2O3/c1-17-10-12-19(13-11-17)16-27-18(2)15-21(28)23(24(27)22-9-6-14-30-22)25(29)26-20-7-4-3-5-8-20/h3-15H,16H2,1-2H3,(H,26,29). The van der Waals surface area contributed by atoms with E-state index in [9.17, 15) is 9.59 Å². The van der Waals surface area contributed by atoms with E-state index in [2.05, 4.69) is 5.32 Å². The fourth-order valence-electron chi connectivity index (χ4n) is 3.45. The van der Waals surface area contributed by atoms with Crippen LogP contribution < -0.4 is 10.7 Å². The lowest BCUT2D eigenvalue weighted by molar-refractivity contribution is 0.102. The Hall–Kier alpha value is -3.86. The maximum Gasteiger partial charge on any atom is 0.261 e. The number of carbonyl (C=O) groups is 1. The Balaban J connectivity index is 1.86. The number of hydrogen-bond acceptors (Lipinski definition) is 3. The van der Waals surface area contributed by atoms with Gasteiger partial charge in [-0.3, -0.25) is 9.59 Å². The summed E-state index contributed by atoms with van der Waals surface area (Å²) in [6.45, 7) is 4.41. The predicted octanol–water partition coefficient (Wildman–Crippen LogP) is 5.03. The van der Waals surface area contributed by atoms with Crippen molar-refractivity contribution < 1.29 is 9.21 Å². The van der Waals surface area contributed by atoms with Crippen LogP contribution >= 0.6 is 0 Å². The van der Waals surface area contributed by atoms with E-state index in [4.69, 9.17) is 4.42 Å². The second kappa shape index (κ2) is 8.25. The molecule has 1 amide bonds. The van der Waals surface area contributed by atoms with Crippen molar-refractivity contribution in [1.82, 2.24) is 4.57 Å². The molecule has 1 N–H and O–H groups in total. The Morgan fingerprint density at radius 2 is 1.70 bits per heavy atom. The molecular formula is C25H22N2O3. The minimum absolute atomic E-state index is 0.0616. The van der Waals surface area contributed by atoms with E-state index in [0.717, 1.165) is 11.3 Å². The van der Waals surface area contributed by atoms with Crippen LogP contribution in [0.1, 0.15) is 27.2 Å². The van der Waals surface area contributed by atoms with Crippen molar-refractivity contribution in [3.63, 3.8) is 0 Å². The SMILES string of the molecule is Cc1ccc(Cn2c(C)cc(=O)c(C(=O)Nc3ccccc3)c2-c2ccco2)cc1. The molecule has 2 aromatic heterocycles. The first-order valence-corrected chi connectivity index (χ1v) is 9.73. The molecule has 0 saturated carbocycles. The van der Waals surface area contributed by atoms with Gasteiger partial charge in [-0.15, -0.1) is 0 Å². The summed E-state index contributed by atoms with van der Waals surface area (Å²) < 4.78 is 7.58. The Bertz CT molecular complexity index is 1220. The van der Waals surface area contributed by atoms with Crippen LogP contribution in [0.2, 0.25) is 0 Å². The van der Waals surface area contributed by atoms with Gasteiger partial charge in [0, 0.05) is 24.0 Å². The molecule has 5 nitrogen and oxygen atoms in total. The number of hydrogen-bond donors (Lipinski definition) is 1. The molecule has 0 unspecified atom stereocenters. The molecule has 4 aromatic rings. The largest absolute Gasteiger partial charge is 0.463 e. The summed E-state index contributed by atoms with van der Waals surface area (Å²) in [5.41, 5.74) is 3.80. The topological polar surface area (TPSA) is 64.2 Å². The molecule has 0 saturated heterocycles. The molecule has 4 rings (SSSR count). The molecule has 0 bridgehead atoms. The van der Waals surface area contributed by atoms with Gasteiger partial charge in [0.2, 0.25) is 0 Å². The predicted molar refractivity (Wildman–Crippen MR) is 118 cm³/mol. The molecule has 150 valence electrons. The van der Waals surface area contributed by atoms with Crippen LogP contribution in [-0.4, -0.2) is 10.5 Å². The van der Waals surface area contributed by atoms with Crippen molar-refractivity contribution in [2.45, 2.75) is 20.4 Å². The monoisotopic (exact) mass is 398 g/mol. The van der Waals surface area contributed by atoms with Crippen molar-refractivity contribution in [3.8, 4) is 11.5 Å². The van der Waals surface area contributed by atoms with Gasteiger partial charge in [-0.2, -0.15) is 0 Å². The van der Waals surface area contributed by atoms with Gasteiger partial charge in [0.05, 0.1) is 6.26 Å². The third-order valence-corrected chi connectivity index (χ3v) is 4.99. The number of nitrogens with one attached hydrogen (secondary N) is 1. The van der Waals surface area contributed by atoms with Crippen molar-refractivity contribution in [2.24, 2.45) is 0 Å². The Labute approximate surface area is 174 Å². The van der Waals surface area contributed by atoms with Crippen molar-refractivity contribution in [1.29, 1.82) is 0 Å². The Morgan fingerprint density at radius 3 is 2.37 bits per heavy atom. The first-order valence-electron chi connectivity index (χ1n) is 9.73. The van der Waals surface area contributed by atoms with E-state index >= 15 is 0 Å². The number of aryl methyl sites for hydroxylation is 2. The maximum absolute atomic E-state index is 13.1. The lowest BCUT2D eigenvalue weighted by Crippen LogP contribution is -2.26. The van der Waals surface area contributed by atoms with Crippen molar-refractivity contribution in [3.05, 3.63) is 112 Å². The third kappa shape index (κ3) is 3.96. The zero-order chi connectivity index (χ0) is 21.1. The van der Waals surface area contributed by atoms with E-state index in [0.29, 0.717) is 23.7 Å². The molecule has 0 radical (unpaired) electrons. The highest BCUT2D eigenvalue weighted by Crippen LogP contribution is 2.26. The quantitative estimate of drug-likeness (QED) is 0.513.